The predicted molar refractivity (Wildman–Crippen MR) is 58.0 cm³/mol. The van der Waals surface area contributed by atoms with Crippen molar-refractivity contribution in [1.82, 2.24) is 0 Å². The Morgan fingerprint density at radius 1 is 1.15 bits per heavy atom. The van der Waals surface area contributed by atoms with Crippen LogP contribution in [0.3, 0.4) is 0 Å². The van der Waals surface area contributed by atoms with Crippen LogP contribution >= 0.6 is 0 Å². The fourth-order valence-corrected chi connectivity index (χ4v) is 1.60. The summed E-state index contributed by atoms with van der Waals surface area (Å²) in [5.74, 6) is 0.819. The average Bonchev–Trinajstić information content (AvgIpc) is 2.04. The third kappa shape index (κ3) is 3.37. The first kappa shape index (κ1) is 10.6. The summed E-state index contributed by atoms with van der Waals surface area (Å²) in [5, 5.41) is 0. The van der Waals surface area contributed by atoms with Gasteiger partial charge in [0.05, 0.1) is 11.9 Å². The van der Waals surface area contributed by atoms with Gasteiger partial charge in [-0.25, -0.2) is 0 Å². The van der Waals surface area contributed by atoms with Gasteiger partial charge in [0.25, 0.3) is 0 Å². The van der Waals surface area contributed by atoms with Crippen molar-refractivity contribution in [3.63, 3.8) is 0 Å². The van der Waals surface area contributed by atoms with Crippen LogP contribution in [-0.2, 0) is 0 Å². The van der Waals surface area contributed by atoms with Crippen molar-refractivity contribution in [3.8, 4) is 0 Å². The number of hydrogen-bond acceptors (Lipinski definition) is 1. The van der Waals surface area contributed by atoms with E-state index in [9.17, 15) is 0 Å². The minimum absolute atomic E-state index is 0.0391. The highest BCUT2D eigenvalue weighted by atomic mass is 14.9. The maximum Gasteiger partial charge on any atom is 0.0994 e. The summed E-state index contributed by atoms with van der Waals surface area (Å²) in [6.07, 6.45) is 6.49. The van der Waals surface area contributed by atoms with Gasteiger partial charge in [-0.1, -0.05) is 40.0 Å². The van der Waals surface area contributed by atoms with E-state index < -0.39 is 0 Å². The molecule has 0 amide bonds. The van der Waals surface area contributed by atoms with E-state index in [1.165, 1.54) is 32.1 Å². The molecule has 2 heteroatoms. The van der Waals surface area contributed by atoms with Crippen LogP contribution in [0, 0.1) is 5.41 Å². The molecule has 1 fully saturated rings. The highest BCUT2D eigenvalue weighted by Gasteiger charge is 2.18. The molecule has 0 saturated heterocycles. The average molecular weight is 182 g/mol. The molecule has 2 N–H and O–H groups in total. The Labute approximate surface area is 81.6 Å². The summed E-state index contributed by atoms with van der Waals surface area (Å²) < 4.78 is 0. The van der Waals surface area contributed by atoms with Gasteiger partial charge in [-0.15, -0.1) is 0 Å². The monoisotopic (exact) mass is 182 g/mol. The molecule has 76 valence electrons. The van der Waals surface area contributed by atoms with Crippen molar-refractivity contribution >= 4 is 5.84 Å². The topological polar surface area (TPSA) is 38.4 Å². The minimum Gasteiger partial charge on any atom is -0.387 e. The molecule has 0 aromatic rings. The van der Waals surface area contributed by atoms with Crippen LogP contribution in [0.2, 0.25) is 0 Å². The molecule has 1 aliphatic carbocycles. The smallest absolute Gasteiger partial charge is 0.0994 e. The van der Waals surface area contributed by atoms with Gasteiger partial charge in [-0.2, -0.15) is 0 Å². The van der Waals surface area contributed by atoms with Crippen LogP contribution < -0.4 is 5.73 Å². The van der Waals surface area contributed by atoms with E-state index in [-0.39, 0.29) is 5.41 Å². The molecule has 0 bridgehead atoms. The molecule has 1 rings (SSSR count). The summed E-state index contributed by atoms with van der Waals surface area (Å²) in [7, 11) is 0. The lowest BCUT2D eigenvalue weighted by atomic mass is 9.93. The van der Waals surface area contributed by atoms with Crippen molar-refractivity contribution in [2.24, 2.45) is 16.1 Å². The second-order valence-electron chi connectivity index (χ2n) is 5.06. The SMILES string of the molecule is CC(C)(C)C(N)=NC1CCCCC1. The molecule has 13 heavy (non-hydrogen) atoms. The zero-order valence-electron chi connectivity index (χ0n) is 9.14. The van der Waals surface area contributed by atoms with Gasteiger partial charge in [0.15, 0.2) is 0 Å². The first-order chi connectivity index (χ1) is 6.00. The molecule has 0 unspecified atom stereocenters. The first-order valence-corrected chi connectivity index (χ1v) is 5.34. The van der Waals surface area contributed by atoms with E-state index in [1.807, 2.05) is 0 Å². The molecule has 1 aliphatic rings. The fourth-order valence-electron chi connectivity index (χ4n) is 1.60. The van der Waals surface area contributed by atoms with Crippen molar-refractivity contribution in [1.29, 1.82) is 0 Å². The van der Waals surface area contributed by atoms with Crippen LogP contribution in [0.25, 0.3) is 0 Å². The first-order valence-electron chi connectivity index (χ1n) is 5.34. The number of aliphatic imine (C=N–C) groups is 1. The normalized spacial score (nSPS) is 21.9. The summed E-state index contributed by atoms with van der Waals surface area (Å²) >= 11 is 0. The third-order valence-electron chi connectivity index (χ3n) is 2.66. The van der Waals surface area contributed by atoms with Crippen molar-refractivity contribution in [3.05, 3.63) is 0 Å². The molecule has 0 aliphatic heterocycles. The highest BCUT2D eigenvalue weighted by molar-refractivity contribution is 5.85. The number of rotatable bonds is 1. The Kier molecular flexibility index (Phi) is 3.34. The van der Waals surface area contributed by atoms with E-state index in [2.05, 4.69) is 25.8 Å². The molecule has 0 spiro atoms. The predicted octanol–water partition coefficient (Wildman–Crippen LogP) is 2.72. The van der Waals surface area contributed by atoms with Crippen molar-refractivity contribution in [2.45, 2.75) is 58.9 Å². The van der Waals surface area contributed by atoms with Crippen molar-refractivity contribution < 1.29 is 0 Å². The Morgan fingerprint density at radius 3 is 2.15 bits per heavy atom. The molecule has 0 aromatic carbocycles. The van der Waals surface area contributed by atoms with E-state index in [0.29, 0.717) is 6.04 Å². The van der Waals surface area contributed by atoms with Crippen LogP contribution in [0.1, 0.15) is 52.9 Å². The highest BCUT2D eigenvalue weighted by Crippen LogP contribution is 2.22. The molecular formula is C11H22N2. The van der Waals surface area contributed by atoms with E-state index in [4.69, 9.17) is 5.73 Å². The van der Waals surface area contributed by atoms with Gasteiger partial charge in [0, 0.05) is 5.41 Å². The zero-order valence-corrected chi connectivity index (χ0v) is 9.14. The van der Waals surface area contributed by atoms with Gasteiger partial charge in [0.1, 0.15) is 0 Å². The maximum absolute atomic E-state index is 5.93. The third-order valence-corrected chi connectivity index (χ3v) is 2.66. The maximum atomic E-state index is 5.93. The molecule has 0 radical (unpaired) electrons. The van der Waals surface area contributed by atoms with E-state index in [1.54, 1.807) is 0 Å². The molecular weight excluding hydrogens is 160 g/mol. The second-order valence-corrected chi connectivity index (χ2v) is 5.06. The molecule has 0 atom stereocenters. The zero-order chi connectivity index (χ0) is 9.90. The van der Waals surface area contributed by atoms with Gasteiger partial charge < -0.3 is 5.73 Å². The van der Waals surface area contributed by atoms with E-state index >= 15 is 0 Å². The summed E-state index contributed by atoms with van der Waals surface area (Å²) in [4.78, 5) is 4.60. The Morgan fingerprint density at radius 2 is 1.69 bits per heavy atom. The lowest BCUT2D eigenvalue weighted by molar-refractivity contribution is 0.437. The molecule has 0 heterocycles. The van der Waals surface area contributed by atoms with Gasteiger partial charge in [-0.05, 0) is 12.8 Å². The van der Waals surface area contributed by atoms with Crippen LogP contribution in [0.5, 0.6) is 0 Å². The summed E-state index contributed by atoms with van der Waals surface area (Å²) in [5.41, 5.74) is 5.97. The Balaban J connectivity index is 2.53. The quantitative estimate of drug-likeness (QED) is 0.491. The lowest BCUT2D eigenvalue weighted by Crippen LogP contribution is -2.31. The molecule has 2 nitrogen and oxygen atoms in total. The minimum atomic E-state index is 0.0391. The largest absolute Gasteiger partial charge is 0.387 e. The number of nitrogens with zero attached hydrogens (tertiary/aromatic N) is 1. The van der Waals surface area contributed by atoms with Gasteiger partial charge in [0.2, 0.25) is 0 Å². The van der Waals surface area contributed by atoms with Crippen LogP contribution in [0.4, 0.5) is 0 Å². The molecule has 0 aromatic heterocycles. The van der Waals surface area contributed by atoms with Gasteiger partial charge in [-0.3, -0.25) is 4.99 Å². The second kappa shape index (κ2) is 4.12. The standard InChI is InChI=1S/C11H22N2/c1-11(2,3)10(12)13-9-7-5-4-6-8-9/h9H,4-8H2,1-3H3,(H2,12,13). The fraction of sp³-hybridized carbons (Fsp3) is 0.909. The number of nitrogens with two attached hydrogens (primary N) is 1. The number of hydrogen-bond donors (Lipinski definition) is 1. The Hall–Kier alpha value is -0.530. The summed E-state index contributed by atoms with van der Waals surface area (Å²) in [6.45, 7) is 6.36. The number of amidine groups is 1. The van der Waals surface area contributed by atoms with Crippen molar-refractivity contribution in [2.75, 3.05) is 0 Å². The lowest BCUT2D eigenvalue weighted by Gasteiger charge is -2.23. The molecule has 1 saturated carbocycles. The van der Waals surface area contributed by atoms with Crippen LogP contribution in [-0.4, -0.2) is 11.9 Å². The summed E-state index contributed by atoms with van der Waals surface area (Å²) in [6, 6.07) is 0.507. The Bertz CT molecular complexity index is 183. The van der Waals surface area contributed by atoms with Gasteiger partial charge >= 0.3 is 0 Å². The van der Waals surface area contributed by atoms with Crippen LogP contribution in [0.15, 0.2) is 4.99 Å². The van der Waals surface area contributed by atoms with E-state index in [0.717, 1.165) is 5.84 Å².